The van der Waals surface area contributed by atoms with Crippen molar-refractivity contribution in [2.24, 2.45) is 11.8 Å². The Morgan fingerprint density at radius 1 is 1.17 bits per heavy atom. The zero-order valence-electron chi connectivity index (χ0n) is 21.2. The van der Waals surface area contributed by atoms with Gasteiger partial charge in [-0.05, 0) is 40.7 Å². The SMILES string of the molecule is CC(C)C#Cc1cc(C[C@@H]2CS(=O)(=O)C[C@H](NCc3cccc(C(C)(C)C)c3)[C@H]2O)cc(F)c1N. The van der Waals surface area contributed by atoms with E-state index in [-0.39, 0.29) is 34.9 Å². The Morgan fingerprint density at radius 2 is 1.89 bits per heavy atom. The molecule has 0 aromatic heterocycles. The topological polar surface area (TPSA) is 92.4 Å². The van der Waals surface area contributed by atoms with Crippen LogP contribution < -0.4 is 11.1 Å². The summed E-state index contributed by atoms with van der Waals surface area (Å²) < 4.78 is 39.9. The van der Waals surface area contributed by atoms with Crippen LogP contribution in [-0.2, 0) is 28.2 Å². The number of halogens is 1. The first-order valence-corrected chi connectivity index (χ1v) is 13.9. The largest absolute Gasteiger partial charge is 0.395 e. The second-order valence-electron chi connectivity index (χ2n) is 10.9. The molecule has 1 aliphatic heterocycles. The molecule has 0 bridgehead atoms. The predicted octanol–water partition coefficient (Wildman–Crippen LogP) is 3.82. The molecule has 7 heteroatoms. The van der Waals surface area contributed by atoms with E-state index in [0.717, 1.165) is 5.56 Å². The number of rotatable bonds is 5. The first-order chi connectivity index (χ1) is 16.2. The van der Waals surface area contributed by atoms with Crippen LogP contribution >= 0.6 is 0 Å². The minimum absolute atomic E-state index is 0.00154. The number of nitrogens with two attached hydrogens (primary N) is 1. The van der Waals surface area contributed by atoms with Crippen LogP contribution in [0.3, 0.4) is 0 Å². The number of sulfone groups is 1. The number of nitrogen functional groups attached to an aromatic ring is 1. The van der Waals surface area contributed by atoms with Crippen molar-refractivity contribution in [3.63, 3.8) is 0 Å². The third-order valence-electron chi connectivity index (χ3n) is 6.34. The number of benzene rings is 2. The van der Waals surface area contributed by atoms with Crippen molar-refractivity contribution in [1.82, 2.24) is 5.32 Å². The number of hydrogen-bond acceptors (Lipinski definition) is 5. The van der Waals surface area contributed by atoms with Gasteiger partial charge in [0.05, 0.1) is 28.9 Å². The van der Waals surface area contributed by atoms with Gasteiger partial charge in [-0.2, -0.15) is 0 Å². The minimum Gasteiger partial charge on any atom is -0.395 e. The Kier molecular flexibility index (Phi) is 8.31. The molecule has 190 valence electrons. The standard InChI is InChI=1S/C28H37FN2O3S/c1-18(2)9-10-21-11-20(14-24(29)26(21)30)12-22-16-35(33,34)17-25(27(22)32)31-15-19-7-6-8-23(13-19)28(3,4)5/h6-8,11,13-14,18,22,25,27,31-32H,12,15-17,30H2,1-5H3/t22-,25+,27+/m1/s1. The average molecular weight is 501 g/mol. The van der Waals surface area contributed by atoms with Gasteiger partial charge in [-0.3, -0.25) is 0 Å². The normalized spacial score (nSPS) is 22.0. The molecule has 0 aliphatic carbocycles. The third-order valence-corrected chi connectivity index (χ3v) is 8.14. The summed E-state index contributed by atoms with van der Waals surface area (Å²) in [5.74, 6) is 4.56. The van der Waals surface area contributed by atoms with Gasteiger partial charge >= 0.3 is 0 Å². The molecule has 0 unspecified atom stereocenters. The van der Waals surface area contributed by atoms with Crippen LogP contribution in [-0.4, -0.2) is 37.2 Å². The molecule has 2 aromatic carbocycles. The van der Waals surface area contributed by atoms with E-state index in [0.29, 0.717) is 17.7 Å². The summed E-state index contributed by atoms with van der Waals surface area (Å²) in [7, 11) is -3.39. The van der Waals surface area contributed by atoms with E-state index in [1.807, 2.05) is 26.0 Å². The van der Waals surface area contributed by atoms with Crippen molar-refractivity contribution in [3.8, 4) is 11.8 Å². The first kappa shape index (κ1) is 27.2. The maximum absolute atomic E-state index is 14.5. The number of aliphatic hydroxyl groups excluding tert-OH is 1. The molecule has 0 spiro atoms. The molecular weight excluding hydrogens is 463 g/mol. The van der Waals surface area contributed by atoms with Crippen molar-refractivity contribution >= 4 is 15.5 Å². The molecule has 1 heterocycles. The molecule has 1 aliphatic rings. The molecule has 4 N–H and O–H groups in total. The maximum atomic E-state index is 14.5. The van der Waals surface area contributed by atoms with Crippen LogP contribution in [0.25, 0.3) is 0 Å². The van der Waals surface area contributed by atoms with E-state index in [2.05, 4.69) is 50.1 Å². The van der Waals surface area contributed by atoms with Crippen molar-refractivity contribution in [2.45, 2.75) is 65.1 Å². The van der Waals surface area contributed by atoms with E-state index in [1.54, 1.807) is 6.07 Å². The van der Waals surface area contributed by atoms with Gasteiger partial charge in [0.25, 0.3) is 0 Å². The van der Waals surface area contributed by atoms with Gasteiger partial charge in [-0.1, -0.05) is 70.7 Å². The molecule has 1 saturated heterocycles. The lowest BCUT2D eigenvalue weighted by molar-refractivity contribution is 0.0781. The lowest BCUT2D eigenvalue weighted by Gasteiger charge is -2.35. The molecule has 2 aromatic rings. The zero-order valence-corrected chi connectivity index (χ0v) is 22.0. The number of aliphatic hydroxyl groups is 1. The quantitative estimate of drug-likeness (QED) is 0.429. The Labute approximate surface area is 209 Å². The van der Waals surface area contributed by atoms with E-state index in [4.69, 9.17) is 5.73 Å². The lowest BCUT2D eigenvalue weighted by Crippen LogP contribution is -2.54. The Hall–Kier alpha value is -2.40. The van der Waals surface area contributed by atoms with Gasteiger partial charge < -0.3 is 16.2 Å². The van der Waals surface area contributed by atoms with Crippen LogP contribution in [0.1, 0.15) is 56.9 Å². The van der Waals surface area contributed by atoms with Crippen LogP contribution in [0.4, 0.5) is 10.1 Å². The summed E-state index contributed by atoms with van der Waals surface area (Å²) in [4.78, 5) is 0. The lowest BCUT2D eigenvalue weighted by atomic mass is 9.86. The molecule has 0 amide bonds. The van der Waals surface area contributed by atoms with Crippen molar-refractivity contribution < 1.29 is 17.9 Å². The van der Waals surface area contributed by atoms with E-state index >= 15 is 0 Å². The summed E-state index contributed by atoms with van der Waals surface area (Å²) >= 11 is 0. The summed E-state index contributed by atoms with van der Waals surface area (Å²) in [6.07, 6.45) is -0.679. The van der Waals surface area contributed by atoms with Crippen molar-refractivity contribution in [3.05, 3.63) is 64.5 Å². The molecule has 0 radical (unpaired) electrons. The highest BCUT2D eigenvalue weighted by atomic mass is 32.2. The van der Waals surface area contributed by atoms with Crippen molar-refractivity contribution in [2.75, 3.05) is 17.2 Å². The van der Waals surface area contributed by atoms with Gasteiger partial charge in [0.2, 0.25) is 0 Å². The summed E-state index contributed by atoms with van der Waals surface area (Å²) in [5.41, 5.74) is 9.02. The smallest absolute Gasteiger partial charge is 0.152 e. The highest BCUT2D eigenvalue weighted by Crippen LogP contribution is 2.27. The molecule has 0 saturated carbocycles. The van der Waals surface area contributed by atoms with Gasteiger partial charge in [0.1, 0.15) is 5.82 Å². The first-order valence-electron chi connectivity index (χ1n) is 12.1. The predicted molar refractivity (Wildman–Crippen MR) is 140 cm³/mol. The molecule has 1 fully saturated rings. The van der Waals surface area contributed by atoms with Gasteiger partial charge in [0.15, 0.2) is 9.84 Å². The number of nitrogens with one attached hydrogen (secondary N) is 1. The summed E-state index contributed by atoms with van der Waals surface area (Å²) in [6, 6.07) is 10.5. The van der Waals surface area contributed by atoms with E-state index < -0.39 is 33.7 Å². The molecule has 3 rings (SSSR count). The van der Waals surface area contributed by atoms with E-state index in [9.17, 15) is 17.9 Å². The fourth-order valence-electron chi connectivity index (χ4n) is 4.37. The summed E-state index contributed by atoms with van der Waals surface area (Å²) in [6.45, 7) is 10.7. The van der Waals surface area contributed by atoms with Crippen LogP contribution in [0.2, 0.25) is 0 Å². The number of hydrogen-bond donors (Lipinski definition) is 3. The monoisotopic (exact) mass is 500 g/mol. The van der Waals surface area contributed by atoms with E-state index in [1.165, 1.54) is 11.6 Å². The van der Waals surface area contributed by atoms with Gasteiger partial charge in [0, 0.05) is 24.4 Å². The molecular formula is C28H37FN2O3S. The Morgan fingerprint density at radius 3 is 2.54 bits per heavy atom. The fourth-order valence-corrected chi connectivity index (χ4v) is 6.34. The average Bonchev–Trinajstić information content (AvgIpc) is 2.75. The van der Waals surface area contributed by atoms with Crippen molar-refractivity contribution in [1.29, 1.82) is 0 Å². The Bertz CT molecular complexity index is 1220. The van der Waals surface area contributed by atoms with Crippen LogP contribution in [0, 0.1) is 29.5 Å². The number of anilines is 1. The highest BCUT2D eigenvalue weighted by molar-refractivity contribution is 7.91. The van der Waals surface area contributed by atoms with Crippen LogP contribution in [0.15, 0.2) is 36.4 Å². The maximum Gasteiger partial charge on any atom is 0.152 e. The zero-order chi connectivity index (χ0) is 26.0. The van der Waals surface area contributed by atoms with Gasteiger partial charge in [-0.25, -0.2) is 12.8 Å². The third kappa shape index (κ3) is 7.30. The second-order valence-corrected chi connectivity index (χ2v) is 13.1. The molecule has 35 heavy (non-hydrogen) atoms. The van der Waals surface area contributed by atoms with Gasteiger partial charge in [-0.15, -0.1) is 0 Å². The minimum atomic E-state index is -3.39. The molecule has 3 atom stereocenters. The fraction of sp³-hybridized carbons (Fsp3) is 0.500. The summed E-state index contributed by atoms with van der Waals surface area (Å²) in [5, 5.41) is 14.3. The van der Waals surface area contributed by atoms with Crippen LogP contribution in [0.5, 0.6) is 0 Å². The molecule has 5 nitrogen and oxygen atoms in total. The Balaban J connectivity index is 1.78. The highest BCUT2D eigenvalue weighted by Gasteiger charge is 2.39. The second kappa shape index (κ2) is 10.7.